The van der Waals surface area contributed by atoms with Crippen LogP contribution in [0.15, 0.2) is 18.2 Å². The van der Waals surface area contributed by atoms with Crippen molar-refractivity contribution in [3.05, 3.63) is 23.9 Å². The van der Waals surface area contributed by atoms with Crippen LogP contribution in [0.1, 0.15) is 10.5 Å². The number of carboxylic acids is 1. The Hall–Kier alpha value is -2.50. The average molecular weight is 262 g/mol. The van der Waals surface area contributed by atoms with Crippen LogP contribution < -0.4 is 14.8 Å². The van der Waals surface area contributed by atoms with Gasteiger partial charge in [0.15, 0.2) is 5.69 Å². The lowest BCUT2D eigenvalue weighted by Crippen LogP contribution is -2.04. The van der Waals surface area contributed by atoms with Crippen LogP contribution in [0.3, 0.4) is 0 Å². The van der Waals surface area contributed by atoms with E-state index in [1.54, 1.807) is 26.3 Å². The molecular weight excluding hydrogens is 248 g/mol. The molecule has 2 aromatic rings. The number of aromatic nitrogens is 1. The van der Waals surface area contributed by atoms with Gasteiger partial charge in [0.1, 0.15) is 17.0 Å². The molecule has 0 bridgehead atoms. The van der Waals surface area contributed by atoms with Crippen molar-refractivity contribution < 1.29 is 19.4 Å². The van der Waals surface area contributed by atoms with Crippen LogP contribution in [-0.4, -0.2) is 37.3 Å². The second kappa shape index (κ2) is 5.01. The molecule has 0 aliphatic rings. The topological polar surface area (TPSA) is 80.7 Å². The van der Waals surface area contributed by atoms with Crippen LogP contribution in [0, 0.1) is 0 Å². The van der Waals surface area contributed by atoms with Crippen molar-refractivity contribution in [1.29, 1.82) is 0 Å². The number of carboxylic acid groups (broad SMARTS) is 1. The maximum atomic E-state index is 11.1. The highest BCUT2D eigenvalue weighted by Crippen LogP contribution is 2.34. The van der Waals surface area contributed by atoms with E-state index in [1.165, 1.54) is 13.2 Å². The van der Waals surface area contributed by atoms with E-state index in [0.717, 1.165) is 5.39 Å². The number of nitrogens with zero attached hydrogens (tertiary/aromatic N) is 1. The van der Waals surface area contributed by atoms with Crippen LogP contribution in [-0.2, 0) is 0 Å². The molecule has 1 heterocycles. The van der Waals surface area contributed by atoms with E-state index in [0.29, 0.717) is 22.7 Å². The zero-order valence-corrected chi connectivity index (χ0v) is 10.9. The van der Waals surface area contributed by atoms with E-state index in [9.17, 15) is 4.79 Å². The molecule has 0 spiro atoms. The number of rotatable bonds is 4. The van der Waals surface area contributed by atoms with Gasteiger partial charge in [0, 0.05) is 24.2 Å². The smallest absolute Gasteiger partial charge is 0.354 e. The van der Waals surface area contributed by atoms with E-state index in [1.807, 2.05) is 0 Å². The molecule has 0 aliphatic heterocycles. The first-order chi connectivity index (χ1) is 9.10. The molecule has 0 amide bonds. The number of methoxy groups -OCH3 is 2. The van der Waals surface area contributed by atoms with Crippen molar-refractivity contribution in [1.82, 2.24) is 4.98 Å². The predicted octanol–water partition coefficient (Wildman–Crippen LogP) is 1.99. The highest BCUT2D eigenvalue weighted by atomic mass is 16.5. The molecule has 2 rings (SSSR count). The Labute approximate surface area is 110 Å². The fourth-order valence-corrected chi connectivity index (χ4v) is 1.86. The Morgan fingerprint density at radius 2 is 2.00 bits per heavy atom. The molecule has 100 valence electrons. The predicted molar refractivity (Wildman–Crippen MR) is 71.4 cm³/mol. The lowest BCUT2D eigenvalue weighted by molar-refractivity contribution is 0.0691. The number of pyridine rings is 1. The van der Waals surface area contributed by atoms with Gasteiger partial charge in [-0.3, -0.25) is 0 Å². The van der Waals surface area contributed by atoms with Gasteiger partial charge in [0.2, 0.25) is 0 Å². The number of ether oxygens (including phenoxy) is 2. The number of carbonyl (C=O) groups is 1. The zero-order valence-electron chi connectivity index (χ0n) is 10.9. The van der Waals surface area contributed by atoms with Gasteiger partial charge < -0.3 is 19.9 Å². The standard InChI is InChI=1S/C13H14N2O4/c1-14-9-6-10(13(16)17)15-12-8(9)4-7(18-2)5-11(12)19-3/h4-6H,1-3H3,(H,14,15)(H,16,17). The number of benzene rings is 1. The van der Waals surface area contributed by atoms with Gasteiger partial charge >= 0.3 is 5.97 Å². The van der Waals surface area contributed by atoms with E-state index in [-0.39, 0.29) is 5.69 Å². The van der Waals surface area contributed by atoms with Gasteiger partial charge in [-0.25, -0.2) is 9.78 Å². The quantitative estimate of drug-likeness (QED) is 0.877. The summed E-state index contributed by atoms with van der Waals surface area (Å²) in [6.07, 6.45) is 0. The molecule has 1 aromatic carbocycles. The normalized spacial score (nSPS) is 10.3. The Kier molecular flexibility index (Phi) is 3.41. The second-order valence-electron chi connectivity index (χ2n) is 3.84. The second-order valence-corrected chi connectivity index (χ2v) is 3.84. The lowest BCUT2D eigenvalue weighted by atomic mass is 10.1. The summed E-state index contributed by atoms with van der Waals surface area (Å²) < 4.78 is 10.4. The molecule has 6 nitrogen and oxygen atoms in total. The van der Waals surface area contributed by atoms with Crippen LogP contribution in [0.5, 0.6) is 11.5 Å². The fourth-order valence-electron chi connectivity index (χ4n) is 1.86. The van der Waals surface area contributed by atoms with Crippen LogP contribution in [0.25, 0.3) is 10.9 Å². The Balaban J connectivity index is 2.84. The number of nitrogens with one attached hydrogen (secondary N) is 1. The third-order valence-electron chi connectivity index (χ3n) is 2.80. The first-order valence-electron chi connectivity index (χ1n) is 5.58. The van der Waals surface area contributed by atoms with Crippen molar-refractivity contribution in [2.45, 2.75) is 0 Å². The summed E-state index contributed by atoms with van der Waals surface area (Å²) in [5.41, 5.74) is 1.09. The highest BCUT2D eigenvalue weighted by Gasteiger charge is 2.15. The van der Waals surface area contributed by atoms with Gasteiger partial charge in [-0.1, -0.05) is 0 Å². The molecule has 1 aromatic heterocycles. The van der Waals surface area contributed by atoms with E-state index >= 15 is 0 Å². The summed E-state index contributed by atoms with van der Waals surface area (Å²) in [6, 6.07) is 4.92. The first-order valence-corrected chi connectivity index (χ1v) is 5.58. The Bertz CT molecular complexity index is 640. The molecule has 2 N–H and O–H groups in total. The van der Waals surface area contributed by atoms with Crippen molar-refractivity contribution in [2.24, 2.45) is 0 Å². The van der Waals surface area contributed by atoms with Crippen molar-refractivity contribution >= 4 is 22.6 Å². The Morgan fingerprint density at radius 3 is 2.53 bits per heavy atom. The minimum atomic E-state index is -1.09. The summed E-state index contributed by atoms with van der Waals surface area (Å²) in [5, 5.41) is 12.8. The van der Waals surface area contributed by atoms with Crippen molar-refractivity contribution in [3.8, 4) is 11.5 Å². The highest BCUT2D eigenvalue weighted by molar-refractivity contribution is 6.00. The molecule has 0 atom stereocenters. The number of aromatic carboxylic acids is 1. The minimum Gasteiger partial charge on any atom is -0.497 e. The summed E-state index contributed by atoms with van der Waals surface area (Å²) in [7, 11) is 4.77. The number of hydrogen-bond acceptors (Lipinski definition) is 5. The molecule has 0 saturated heterocycles. The molecule has 0 unspecified atom stereocenters. The number of hydrogen-bond donors (Lipinski definition) is 2. The van der Waals surface area contributed by atoms with Crippen molar-refractivity contribution in [2.75, 3.05) is 26.6 Å². The van der Waals surface area contributed by atoms with E-state index < -0.39 is 5.97 Å². The van der Waals surface area contributed by atoms with Crippen molar-refractivity contribution in [3.63, 3.8) is 0 Å². The maximum absolute atomic E-state index is 11.1. The van der Waals surface area contributed by atoms with Crippen LogP contribution in [0.4, 0.5) is 5.69 Å². The van der Waals surface area contributed by atoms with E-state index in [2.05, 4.69) is 10.3 Å². The minimum absolute atomic E-state index is 0.0414. The molecule has 0 aliphatic carbocycles. The molecule has 0 saturated carbocycles. The number of fused-ring (bicyclic) bond motifs is 1. The molecule has 0 fully saturated rings. The largest absolute Gasteiger partial charge is 0.497 e. The number of anilines is 1. The third-order valence-corrected chi connectivity index (χ3v) is 2.80. The van der Waals surface area contributed by atoms with Crippen LogP contribution >= 0.6 is 0 Å². The summed E-state index contributed by atoms with van der Waals surface area (Å²) in [5.74, 6) is -0.00375. The Morgan fingerprint density at radius 1 is 1.26 bits per heavy atom. The van der Waals surface area contributed by atoms with Gasteiger partial charge in [-0.05, 0) is 12.1 Å². The SMILES string of the molecule is CNc1cc(C(=O)O)nc2c(OC)cc(OC)cc12. The zero-order chi connectivity index (χ0) is 14.0. The first kappa shape index (κ1) is 12.9. The van der Waals surface area contributed by atoms with Gasteiger partial charge in [0.05, 0.1) is 14.2 Å². The van der Waals surface area contributed by atoms with Gasteiger partial charge in [-0.15, -0.1) is 0 Å². The third kappa shape index (κ3) is 2.24. The monoisotopic (exact) mass is 262 g/mol. The maximum Gasteiger partial charge on any atom is 0.354 e. The fraction of sp³-hybridized carbons (Fsp3) is 0.231. The summed E-state index contributed by atoms with van der Waals surface area (Å²) >= 11 is 0. The molecule has 19 heavy (non-hydrogen) atoms. The van der Waals surface area contributed by atoms with Gasteiger partial charge in [-0.2, -0.15) is 0 Å². The molecular formula is C13H14N2O4. The molecule has 6 heteroatoms. The summed E-state index contributed by atoms with van der Waals surface area (Å²) in [4.78, 5) is 15.2. The average Bonchev–Trinajstić information content (AvgIpc) is 2.44. The van der Waals surface area contributed by atoms with E-state index in [4.69, 9.17) is 14.6 Å². The van der Waals surface area contributed by atoms with Crippen LogP contribution in [0.2, 0.25) is 0 Å². The lowest BCUT2D eigenvalue weighted by Gasteiger charge is -2.12. The van der Waals surface area contributed by atoms with Gasteiger partial charge in [0.25, 0.3) is 0 Å². The molecule has 0 radical (unpaired) electrons. The summed E-state index contributed by atoms with van der Waals surface area (Å²) in [6.45, 7) is 0.